The number of halogens is 1. The fraction of sp³-hybridized carbons (Fsp3) is 0.700. The Morgan fingerprint density at radius 2 is 2.44 bits per heavy atom. The van der Waals surface area contributed by atoms with Crippen LogP contribution in [-0.4, -0.2) is 38.9 Å². The van der Waals surface area contributed by atoms with Crippen molar-refractivity contribution < 1.29 is 9.32 Å². The summed E-state index contributed by atoms with van der Waals surface area (Å²) in [5.41, 5.74) is 0. The Morgan fingerprint density at radius 3 is 3.12 bits per heavy atom. The number of aryl methyl sites for hydroxylation is 1. The number of alkyl halides is 1. The lowest BCUT2D eigenvalue weighted by Crippen LogP contribution is -2.42. The van der Waals surface area contributed by atoms with Crippen LogP contribution in [0.1, 0.15) is 24.6 Å². The van der Waals surface area contributed by atoms with Gasteiger partial charge in [0.15, 0.2) is 5.82 Å². The van der Waals surface area contributed by atoms with Crippen LogP contribution in [-0.2, 0) is 11.2 Å². The summed E-state index contributed by atoms with van der Waals surface area (Å²) in [4.78, 5) is 17.7. The van der Waals surface area contributed by atoms with Crippen molar-refractivity contribution in [2.45, 2.75) is 31.0 Å². The molecule has 16 heavy (non-hydrogen) atoms. The Morgan fingerprint density at radius 1 is 1.62 bits per heavy atom. The normalized spacial score (nSPS) is 21.5. The fourth-order valence-electron chi connectivity index (χ4n) is 1.79. The van der Waals surface area contributed by atoms with E-state index in [0.717, 1.165) is 19.4 Å². The standard InChI is InChI=1S/C10H14BrN3O2/c1-7-12-9(16-13-7)4-6-14-5-2-3-8(11)10(14)15/h8H,2-6H2,1H3. The van der Waals surface area contributed by atoms with Crippen molar-refractivity contribution in [1.29, 1.82) is 0 Å². The zero-order chi connectivity index (χ0) is 11.5. The average molecular weight is 288 g/mol. The van der Waals surface area contributed by atoms with Crippen molar-refractivity contribution >= 4 is 21.8 Å². The molecule has 0 radical (unpaired) electrons. The molecule has 0 saturated carbocycles. The smallest absolute Gasteiger partial charge is 0.236 e. The highest BCUT2D eigenvalue weighted by molar-refractivity contribution is 9.10. The largest absolute Gasteiger partial charge is 0.341 e. The number of carbonyl (C=O) groups is 1. The summed E-state index contributed by atoms with van der Waals surface area (Å²) in [5, 5.41) is 3.72. The van der Waals surface area contributed by atoms with Crippen LogP contribution in [0.15, 0.2) is 4.52 Å². The first-order chi connectivity index (χ1) is 7.66. The predicted molar refractivity (Wildman–Crippen MR) is 61.3 cm³/mol. The van der Waals surface area contributed by atoms with Crippen LogP contribution in [0.3, 0.4) is 0 Å². The minimum absolute atomic E-state index is 0.0225. The van der Waals surface area contributed by atoms with Crippen molar-refractivity contribution in [3.63, 3.8) is 0 Å². The van der Waals surface area contributed by atoms with Gasteiger partial charge >= 0.3 is 0 Å². The predicted octanol–water partition coefficient (Wildman–Crippen LogP) is 1.31. The lowest BCUT2D eigenvalue weighted by atomic mass is 10.1. The molecule has 2 heterocycles. The molecule has 6 heteroatoms. The van der Waals surface area contributed by atoms with E-state index in [1.54, 1.807) is 6.92 Å². The Hall–Kier alpha value is -0.910. The topological polar surface area (TPSA) is 59.2 Å². The van der Waals surface area contributed by atoms with Crippen LogP contribution in [0, 0.1) is 6.92 Å². The maximum Gasteiger partial charge on any atom is 0.236 e. The van der Waals surface area contributed by atoms with E-state index >= 15 is 0 Å². The van der Waals surface area contributed by atoms with Gasteiger partial charge in [-0.05, 0) is 19.8 Å². The van der Waals surface area contributed by atoms with E-state index in [1.165, 1.54) is 0 Å². The third kappa shape index (κ3) is 2.61. The molecule has 2 rings (SSSR count). The van der Waals surface area contributed by atoms with Gasteiger partial charge in [0.2, 0.25) is 11.8 Å². The second-order valence-corrected chi connectivity index (χ2v) is 5.03. The molecule has 1 atom stereocenters. The van der Waals surface area contributed by atoms with Gasteiger partial charge in [0, 0.05) is 19.5 Å². The van der Waals surface area contributed by atoms with E-state index < -0.39 is 0 Å². The lowest BCUT2D eigenvalue weighted by molar-refractivity contribution is -0.132. The molecular formula is C10H14BrN3O2. The molecular weight excluding hydrogens is 274 g/mol. The van der Waals surface area contributed by atoms with Crippen LogP contribution >= 0.6 is 15.9 Å². The summed E-state index contributed by atoms with van der Waals surface area (Å²) in [6.07, 6.45) is 2.60. The van der Waals surface area contributed by atoms with Crippen molar-refractivity contribution in [2.24, 2.45) is 0 Å². The maximum atomic E-state index is 11.8. The quantitative estimate of drug-likeness (QED) is 0.787. The highest BCUT2D eigenvalue weighted by Crippen LogP contribution is 2.18. The summed E-state index contributed by atoms with van der Waals surface area (Å²) < 4.78 is 5.01. The van der Waals surface area contributed by atoms with Gasteiger partial charge in [-0.3, -0.25) is 4.79 Å². The second kappa shape index (κ2) is 4.95. The minimum Gasteiger partial charge on any atom is -0.341 e. The highest BCUT2D eigenvalue weighted by Gasteiger charge is 2.26. The molecule has 1 aromatic heterocycles. The number of rotatable bonds is 3. The van der Waals surface area contributed by atoms with Gasteiger partial charge in [0.25, 0.3) is 0 Å². The number of nitrogens with zero attached hydrogens (tertiary/aromatic N) is 3. The number of piperidine rings is 1. The van der Waals surface area contributed by atoms with Crippen LogP contribution < -0.4 is 0 Å². The first-order valence-corrected chi connectivity index (χ1v) is 6.30. The Bertz CT molecular complexity index is 380. The van der Waals surface area contributed by atoms with E-state index in [4.69, 9.17) is 4.52 Å². The number of aromatic nitrogens is 2. The van der Waals surface area contributed by atoms with Gasteiger partial charge in [0.1, 0.15) is 0 Å². The Labute approximate surface area is 102 Å². The van der Waals surface area contributed by atoms with Crippen molar-refractivity contribution in [3.05, 3.63) is 11.7 Å². The first kappa shape index (κ1) is 11.6. The summed E-state index contributed by atoms with van der Waals surface area (Å²) in [6.45, 7) is 3.27. The lowest BCUT2D eigenvalue weighted by Gasteiger charge is -2.29. The van der Waals surface area contributed by atoms with E-state index in [9.17, 15) is 4.79 Å². The monoisotopic (exact) mass is 287 g/mol. The zero-order valence-electron chi connectivity index (χ0n) is 9.15. The minimum atomic E-state index is -0.0225. The number of hydrogen-bond acceptors (Lipinski definition) is 4. The van der Waals surface area contributed by atoms with E-state index in [1.807, 2.05) is 4.90 Å². The molecule has 1 saturated heterocycles. The highest BCUT2D eigenvalue weighted by atomic mass is 79.9. The number of carbonyl (C=O) groups excluding carboxylic acids is 1. The molecule has 1 aliphatic heterocycles. The van der Waals surface area contributed by atoms with Gasteiger partial charge in [-0.15, -0.1) is 0 Å². The van der Waals surface area contributed by atoms with E-state index in [0.29, 0.717) is 24.7 Å². The zero-order valence-corrected chi connectivity index (χ0v) is 10.7. The van der Waals surface area contributed by atoms with E-state index in [-0.39, 0.29) is 10.7 Å². The number of amides is 1. The number of likely N-dealkylation sites (tertiary alicyclic amines) is 1. The van der Waals surface area contributed by atoms with Crippen molar-refractivity contribution in [2.75, 3.05) is 13.1 Å². The van der Waals surface area contributed by atoms with Gasteiger partial charge in [-0.1, -0.05) is 21.1 Å². The Kier molecular flexibility index (Phi) is 3.58. The summed E-state index contributed by atoms with van der Waals surface area (Å²) in [7, 11) is 0. The molecule has 0 spiro atoms. The third-order valence-electron chi connectivity index (χ3n) is 2.63. The molecule has 0 aliphatic carbocycles. The molecule has 88 valence electrons. The van der Waals surface area contributed by atoms with Gasteiger partial charge in [0.05, 0.1) is 4.83 Å². The van der Waals surface area contributed by atoms with Crippen LogP contribution in [0.4, 0.5) is 0 Å². The SMILES string of the molecule is Cc1noc(CCN2CCCC(Br)C2=O)n1. The number of hydrogen-bond donors (Lipinski definition) is 0. The molecule has 1 unspecified atom stereocenters. The molecule has 1 aromatic rings. The van der Waals surface area contributed by atoms with Crippen molar-refractivity contribution in [1.82, 2.24) is 15.0 Å². The molecule has 1 fully saturated rings. The second-order valence-electron chi connectivity index (χ2n) is 3.92. The molecule has 1 aliphatic rings. The van der Waals surface area contributed by atoms with Crippen molar-refractivity contribution in [3.8, 4) is 0 Å². The van der Waals surface area contributed by atoms with E-state index in [2.05, 4.69) is 26.1 Å². The van der Waals surface area contributed by atoms with Gasteiger partial charge < -0.3 is 9.42 Å². The maximum absolute atomic E-state index is 11.8. The van der Waals surface area contributed by atoms with Gasteiger partial charge in [-0.2, -0.15) is 4.98 Å². The molecule has 1 amide bonds. The first-order valence-electron chi connectivity index (χ1n) is 5.39. The summed E-state index contributed by atoms with van der Waals surface area (Å²) >= 11 is 3.38. The summed E-state index contributed by atoms with van der Waals surface area (Å²) in [5.74, 6) is 1.41. The van der Waals surface area contributed by atoms with Crippen LogP contribution in [0.2, 0.25) is 0 Å². The van der Waals surface area contributed by atoms with Crippen LogP contribution in [0.25, 0.3) is 0 Å². The molecule has 5 nitrogen and oxygen atoms in total. The third-order valence-corrected chi connectivity index (χ3v) is 3.48. The van der Waals surface area contributed by atoms with Gasteiger partial charge in [-0.25, -0.2) is 0 Å². The molecule has 0 bridgehead atoms. The average Bonchev–Trinajstić information content (AvgIpc) is 2.67. The molecule has 0 N–H and O–H groups in total. The Balaban J connectivity index is 1.87. The summed E-state index contributed by atoms with van der Waals surface area (Å²) in [6, 6.07) is 0. The van der Waals surface area contributed by atoms with Crippen LogP contribution in [0.5, 0.6) is 0 Å². The fourth-order valence-corrected chi connectivity index (χ4v) is 2.40. The molecule has 0 aromatic carbocycles.